The molecule has 0 bridgehead atoms. The van der Waals surface area contributed by atoms with Crippen LogP contribution in [0, 0.1) is 13.8 Å². The number of aryl methyl sites for hydroxylation is 2. The Balaban J connectivity index is 1.46. The highest BCUT2D eigenvalue weighted by atomic mass is 79.9. The molecule has 0 aromatic heterocycles. The summed E-state index contributed by atoms with van der Waals surface area (Å²) in [5.41, 5.74) is 4.92. The number of ether oxygens (including phenoxy) is 1. The second-order valence-corrected chi connectivity index (χ2v) is 10.6. The number of amidine groups is 1. The van der Waals surface area contributed by atoms with Crippen LogP contribution in [0.5, 0.6) is 5.75 Å². The van der Waals surface area contributed by atoms with Crippen LogP contribution in [-0.2, 0) is 11.4 Å². The van der Waals surface area contributed by atoms with Crippen LogP contribution in [0.3, 0.4) is 0 Å². The van der Waals surface area contributed by atoms with E-state index in [2.05, 4.69) is 42.2 Å². The minimum atomic E-state index is -0.163. The molecule has 8 heteroatoms. The summed E-state index contributed by atoms with van der Waals surface area (Å²) in [7, 11) is 0. The van der Waals surface area contributed by atoms with E-state index in [0.29, 0.717) is 21.7 Å². The predicted octanol–water partition coefficient (Wildman–Crippen LogP) is 7.95. The number of thioether (sulfide) groups is 1. The third-order valence-corrected chi connectivity index (χ3v) is 7.90. The van der Waals surface area contributed by atoms with Crippen LogP contribution < -0.4 is 10.1 Å². The molecular weight excluding hydrogens is 588 g/mol. The summed E-state index contributed by atoms with van der Waals surface area (Å²) in [6.07, 6.45) is 1.84. The highest BCUT2D eigenvalue weighted by Crippen LogP contribution is 2.33. The normalized spacial score (nSPS) is 15.8. The number of nitrogens with zero attached hydrogens (tertiary/aromatic N) is 1. The van der Waals surface area contributed by atoms with Crippen LogP contribution in [0.15, 0.2) is 73.4 Å². The molecule has 1 N–H and O–H groups in total. The first-order valence-corrected chi connectivity index (χ1v) is 12.8. The van der Waals surface area contributed by atoms with Gasteiger partial charge in [-0.1, -0.05) is 45.7 Å². The van der Waals surface area contributed by atoms with E-state index in [1.165, 1.54) is 11.8 Å². The average molecular weight is 607 g/mol. The van der Waals surface area contributed by atoms with E-state index in [1.807, 2.05) is 74.5 Å². The van der Waals surface area contributed by atoms with Gasteiger partial charge in [-0.25, -0.2) is 4.99 Å². The van der Waals surface area contributed by atoms with Crippen LogP contribution in [0.4, 0.5) is 5.69 Å². The van der Waals surface area contributed by atoms with Crippen molar-refractivity contribution in [3.05, 3.63) is 95.7 Å². The predicted molar refractivity (Wildman–Crippen MR) is 144 cm³/mol. The van der Waals surface area contributed by atoms with Crippen molar-refractivity contribution >= 4 is 78.1 Å². The van der Waals surface area contributed by atoms with Crippen molar-refractivity contribution in [2.24, 2.45) is 4.99 Å². The lowest BCUT2D eigenvalue weighted by molar-refractivity contribution is -0.115. The fourth-order valence-electron chi connectivity index (χ4n) is 3.20. The van der Waals surface area contributed by atoms with Gasteiger partial charge in [0.05, 0.1) is 15.1 Å². The van der Waals surface area contributed by atoms with Crippen molar-refractivity contribution in [2.45, 2.75) is 20.5 Å². The Labute approximate surface area is 218 Å². The van der Waals surface area contributed by atoms with Gasteiger partial charge in [0, 0.05) is 9.50 Å². The summed E-state index contributed by atoms with van der Waals surface area (Å²) in [4.78, 5) is 17.7. The largest absolute Gasteiger partial charge is 0.488 e. The molecule has 1 heterocycles. The maximum absolute atomic E-state index is 12.5. The van der Waals surface area contributed by atoms with Crippen molar-refractivity contribution in [3.63, 3.8) is 0 Å². The summed E-state index contributed by atoms with van der Waals surface area (Å²) in [5.74, 6) is 0.558. The minimum Gasteiger partial charge on any atom is -0.488 e. The van der Waals surface area contributed by atoms with Gasteiger partial charge in [0.1, 0.15) is 12.4 Å². The standard InChI is InChI=1S/C25H19Br2ClN2O2S/c1-14-9-19(10-15(2)23(14)27)29-25-30-24(31)22(33-25)12-17-5-8-21(20(26)11-17)32-13-16-3-6-18(28)7-4-16/h3-12H,13H2,1-2H3,(H,29,30,31)/b22-12-. The Morgan fingerprint density at radius 2 is 1.76 bits per heavy atom. The van der Waals surface area contributed by atoms with E-state index in [1.54, 1.807) is 0 Å². The Hall–Kier alpha value is -2.06. The number of amides is 1. The summed E-state index contributed by atoms with van der Waals surface area (Å²) < 4.78 is 7.78. The van der Waals surface area contributed by atoms with Gasteiger partial charge in [0.2, 0.25) is 0 Å². The molecule has 0 aliphatic carbocycles. The molecule has 3 aromatic rings. The van der Waals surface area contributed by atoms with Crippen LogP contribution in [-0.4, -0.2) is 11.1 Å². The lowest BCUT2D eigenvalue weighted by Crippen LogP contribution is -2.19. The topological polar surface area (TPSA) is 50.7 Å². The number of benzene rings is 3. The average Bonchev–Trinajstić information content (AvgIpc) is 3.11. The lowest BCUT2D eigenvalue weighted by atomic mass is 10.1. The molecule has 4 nitrogen and oxygen atoms in total. The van der Waals surface area contributed by atoms with Gasteiger partial charge >= 0.3 is 0 Å². The number of carbonyl (C=O) groups excluding carboxylic acids is 1. The summed E-state index contributed by atoms with van der Waals surface area (Å²) in [6, 6.07) is 17.2. The van der Waals surface area contributed by atoms with E-state index in [-0.39, 0.29) is 5.91 Å². The number of halogens is 3. The second kappa shape index (κ2) is 10.5. The maximum atomic E-state index is 12.5. The zero-order chi connectivity index (χ0) is 23.5. The first-order chi connectivity index (χ1) is 15.8. The van der Waals surface area contributed by atoms with Crippen molar-refractivity contribution in [3.8, 4) is 5.75 Å². The van der Waals surface area contributed by atoms with Crippen LogP contribution in [0.25, 0.3) is 6.08 Å². The third kappa shape index (κ3) is 6.09. The van der Waals surface area contributed by atoms with Gasteiger partial charge in [-0.3, -0.25) is 4.79 Å². The number of hydrogen-bond acceptors (Lipinski definition) is 4. The molecule has 1 saturated heterocycles. The SMILES string of the molecule is Cc1cc(N=C2NC(=O)/C(=C/c3ccc(OCc4ccc(Cl)cc4)c(Br)c3)S2)cc(C)c1Br. The van der Waals surface area contributed by atoms with E-state index in [4.69, 9.17) is 16.3 Å². The molecule has 168 valence electrons. The van der Waals surface area contributed by atoms with Gasteiger partial charge in [-0.05, 0) is 106 Å². The summed E-state index contributed by atoms with van der Waals surface area (Å²) >= 11 is 14.4. The van der Waals surface area contributed by atoms with E-state index in [0.717, 1.165) is 42.6 Å². The van der Waals surface area contributed by atoms with Crippen molar-refractivity contribution in [1.29, 1.82) is 0 Å². The van der Waals surface area contributed by atoms with E-state index < -0.39 is 0 Å². The van der Waals surface area contributed by atoms with Crippen LogP contribution >= 0.6 is 55.2 Å². The van der Waals surface area contributed by atoms with Crippen LogP contribution in [0.2, 0.25) is 5.02 Å². The van der Waals surface area contributed by atoms with Gasteiger partial charge in [0.15, 0.2) is 5.17 Å². The Kier molecular flexibility index (Phi) is 7.64. The zero-order valence-corrected chi connectivity index (χ0v) is 22.5. The second-order valence-electron chi connectivity index (χ2n) is 7.48. The first-order valence-electron chi connectivity index (χ1n) is 10.0. The fourth-order valence-corrected chi connectivity index (χ4v) is 4.91. The summed E-state index contributed by atoms with van der Waals surface area (Å²) in [5, 5.41) is 4.10. The van der Waals surface area contributed by atoms with Crippen molar-refractivity contribution in [2.75, 3.05) is 0 Å². The first kappa shape index (κ1) is 24.1. The van der Waals surface area contributed by atoms with Crippen LogP contribution in [0.1, 0.15) is 22.3 Å². The smallest absolute Gasteiger partial charge is 0.264 e. The quantitative estimate of drug-likeness (QED) is 0.300. The van der Waals surface area contributed by atoms with Gasteiger partial charge in [-0.2, -0.15) is 0 Å². The molecule has 1 amide bonds. The van der Waals surface area contributed by atoms with Crippen molar-refractivity contribution in [1.82, 2.24) is 5.32 Å². The van der Waals surface area contributed by atoms with Gasteiger partial charge in [0.25, 0.3) is 5.91 Å². The lowest BCUT2D eigenvalue weighted by Gasteiger charge is -2.09. The molecular formula is C25H19Br2ClN2O2S. The highest BCUT2D eigenvalue weighted by Gasteiger charge is 2.24. The Morgan fingerprint density at radius 1 is 1.06 bits per heavy atom. The zero-order valence-electron chi connectivity index (χ0n) is 17.8. The monoisotopic (exact) mass is 604 g/mol. The minimum absolute atomic E-state index is 0.163. The molecule has 0 unspecified atom stereocenters. The van der Waals surface area contributed by atoms with E-state index >= 15 is 0 Å². The molecule has 33 heavy (non-hydrogen) atoms. The fraction of sp³-hybridized carbons (Fsp3) is 0.120. The Bertz CT molecular complexity index is 1270. The number of rotatable bonds is 5. The Morgan fingerprint density at radius 3 is 2.42 bits per heavy atom. The number of carbonyl (C=O) groups is 1. The molecule has 0 radical (unpaired) electrons. The summed E-state index contributed by atoms with van der Waals surface area (Å²) in [6.45, 7) is 4.48. The maximum Gasteiger partial charge on any atom is 0.264 e. The third-order valence-electron chi connectivity index (χ3n) is 4.86. The molecule has 0 spiro atoms. The molecule has 1 aliphatic rings. The highest BCUT2D eigenvalue weighted by molar-refractivity contribution is 9.10. The molecule has 0 saturated carbocycles. The molecule has 1 aliphatic heterocycles. The molecule has 3 aromatic carbocycles. The molecule has 0 atom stereocenters. The van der Waals surface area contributed by atoms with Gasteiger partial charge in [-0.15, -0.1) is 0 Å². The van der Waals surface area contributed by atoms with Gasteiger partial charge < -0.3 is 10.1 Å². The molecule has 1 fully saturated rings. The van der Waals surface area contributed by atoms with Crippen molar-refractivity contribution < 1.29 is 9.53 Å². The number of aliphatic imine (C=N–C) groups is 1. The molecule has 4 rings (SSSR count). The number of nitrogens with one attached hydrogen (secondary N) is 1. The number of hydrogen-bond donors (Lipinski definition) is 1. The van der Waals surface area contributed by atoms with E-state index in [9.17, 15) is 4.79 Å².